The highest BCUT2D eigenvalue weighted by atomic mass is 32.1. The first kappa shape index (κ1) is 11.1. The van der Waals surface area contributed by atoms with Crippen molar-refractivity contribution in [3.63, 3.8) is 0 Å². The number of thiazole rings is 1. The number of aromatic nitrogens is 1. The summed E-state index contributed by atoms with van der Waals surface area (Å²) in [5.74, 6) is 0. The van der Waals surface area contributed by atoms with Crippen LogP contribution >= 0.6 is 11.3 Å². The van der Waals surface area contributed by atoms with Gasteiger partial charge in [0.05, 0.1) is 0 Å². The van der Waals surface area contributed by atoms with E-state index in [1.54, 1.807) is 0 Å². The van der Waals surface area contributed by atoms with Crippen LogP contribution in [-0.4, -0.2) is 12.1 Å². The van der Waals surface area contributed by atoms with Gasteiger partial charge in [-0.05, 0) is 19.3 Å². The van der Waals surface area contributed by atoms with Crippen molar-refractivity contribution in [2.45, 2.75) is 51.0 Å². The normalized spacial score (nSPS) is 20.4. The van der Waals surface area contributed by atoms with E-state index < -0.39 is 0 Å². The van der Waals surface area contributed by atoms with Crippen molar-refractivity contribution >= 4 is 11.3 Å². The average molecular weight is 225 g/mol. The van der Waals surface area contributed by atoms with Gasteiger partial charge in [0.2, 0.25) is 0 Å². The van der Waals surface area contributed by atoms with Crippen molar-refractivity contribution in [2.75, 3.05) is 7.11 Å². The first-order chi connectivity index (χ1) is 7.30. The lowest BCUT2D eigenvalue weighted by atomic mass is 9.85. The number of ether oxygens (including phenoxy) is 1. The number of hydrogen-bond donors (Lipinski definition) is 0. The molecule has 1 aliphatic carbocycles. The van der Waals surface area contributed by atoms with Crippen molar-refractivity contribution in [2.24, 2.45) is 0 Å². The molecular formula is C12H19NOS. The SMILES string of the molecule is CCc1cnc(C2(OC)CCCCC2)s1. The molecule has 1 aliphatic rings. The van der Waals surface area contributed by atoms with Crippen LogP contribution < -0.4 is 0 Å². The Bertz CT molecular complexity index is 315. The average Bonchev–Trinajstić information content (AvgIpc) is 2.79. The van der Waals surface area contributed by atoms with Gasteiger partial charge in [-0.2, -0.15) is 0 Å². The fraction of sp³-hybridized carbons (Fsp3) is 0.750. The number of aryl methyl sites for hydroxylation is 1. The first-order valence-electron chi connectivity index (χ1n) is 5.81. The zero-order valence-electron chi connectivity index (χ0n) is 9.58. The summed E-state index contributed by atoms with van der Waals surface area (Å²) in [6, 6.07) is 0. The lowest BCUT2D eigenvalue weighted by Crippen LogP contribution is -2.30. The minimum Gasteiger partial charge on any atom is -0.371 e. The van der Waals surface area contributed by atoms with Crippen LogP contribution in [0.15, 0.2) is 6.20 Å². The highest BCUT2D eigenvalue weighted by Gasteiger charge is 2.36. The molecule has 0 radical (unpaired) electrons. The maximum Gasteiger partial charge on any atom is 0.125 e. The third kappa shape index (κ3) is 2.08. The summed E-state index contributed by atoms with van der Waals surface area (Å²) in [5, 5.41) is 1.20. The van der Waals surface area contributed by atoms with Gasteiger partial charge in [-0.3, -0.25) is 0 Å². The van der Waals surface area contributed by atoms with E-state index in [1.807, 2.05) is 24.6 Å². The molecule has 0 saturated heterocycles. The van der Waals surface area contributed by atoms with Crippen molar-refractivity contribution in [3.05, 3.63) is 16.1 Å². The van der Waals surface area contributed by atoms with Crippen LogP contribution in [0.5, 0.6) is 0 Å². The smallest absolute Gasteiger partial charge is 0.125 e. The Morgan fingerprint density at radius 2 is 2.13 bits per heavy atom. The van der Waals surface area contributed by atoms with Crippen LogP contribution in [0.4, 0.5) is 0 Å². The molecule has 0 bridgehead atoms. The predicted molar refractivity (Wildman–Crippen MR) is 63.3 cm³/mol. The zero-order valence-corrected chi connectivity index (χ0v) is 10.4. The highest BCUT2D eigenvalue weighted by molar-refractivity contribution is 7.11. The van der Waals surface area contributed by atoms with Gasteiger partial charge in [-0.1, -0.05) is 26.2 Å². The van der Waals surface area contributed by atoms with Gasteiger partial charge in [0.1, 0.15) is 10.6 Å². The molecule has 0 spiro atoms. The van der Waals surface area contributed by atoms with E-state index in [0.717, 1.165) is 19.3 Å². The second kappa shape index (κ2) is 4.62. The Hall–Kier alpha value is -0.410. The summed E-state index contributed by atoms with van der Waals surface area (Å²) in [6.45, 7) is 2.18. The number of methoxy groups -OCH3 is 1. The molecule has 3 heteroatoms. The van der Waals surface area contributed by atoms with E-state index >= 15 is 0 Å². The first-order valence-corrected chi connectivity index (χ1v) is 6.63. The van der Waals surface area contributed by atoms with Crippen LogP contribution in [0, 0.1) is 0 Å². The van der Waals surface area contributed by atoms with Gasteiger partial charge < -0.3 is 4.74 Å². The van der Waals surface area contributed by atoms with Gasteiger partial charge >= 0.3 is 0 Å². The summed E-state index contributed by atoms with van der Waals surface area (Å²) in [4.78, 5) is 5.91. The van der Waals surface area contributed by atoms with Gasteiger partial charge in [-0.25, -0.2) is 4.98 Å². The van der Waals surface area contributed by atoms with Crippen molar-refractivity contribution in [3.8, 4) is 0 Å². The molecule has 15 heavy (non-hydrogen) atoms. The molecule has 0 amide bonds. The molecule has 0 atom stereocenters. The number of hydrogen-bond acceptors (Lipinski definition) is 3. The molecule has 2 rings (SSSR count). The molecule has 1 heterocycles. The second-order valence-corrected chi connectivity index (χ2v) is 5.36. The molecular weight excluding hydrogens is 206 g/mol. The molecule has 0 unspecified atom stereocenters. The lowest BCUT2D eigenvalue weighted by Gasteiger charge is -2.34. The van der Waals surface area contributed by atoms with Crippen molar-refractivity contribution < 1.29 is 4.74 Å². The topological polar surface area (TPSA) is 22.1 Å². The summed E-state index contributed by atoms with van der Waals surface area (Å²) in [6.07, 6.45) is 9.26. The third-order valence-electron chi connectivity index (χ3n) is 3.34. The minimum atomic E-state index is -0.0592. The molecule has 0 N–H and O–H groups in total. The molecule has 1 fully saturated rings. The summed E-state index contributed by atoms with van der Waals surface area (Å²) in [7, 11) is 1.83. The van der Waals surface area contributed by atoms with Gasteiger partial charge in [0, 0.05) is 18.2 Å². The molecule has 1 aromatic heterocycles. The summed E-state index contributed by atoms with van der Waals surface area (Å²) in [5.41, 5.74) is -0.0592. The Morgan fingerprint density at radius 3 is 2.67 bits per heavy atom. The maximum absolute atomic E-state index is 5.77. The van der Waals surface area contributed by atoms with Crippen LogP contribution in [0.2, 0.25) is 0 Å². The number of nitrogens with zero attached hydrogens (tertiary/aromatic N) is 1. The van der Waals surface area contributed by atoms with Crippen molar-refractivity contribution in [1.29, 1.82) is 0 Å². The molecule has 2 nitrogen and oxygen atoms in total. The minimum absolute atomic E-state index is 0.0592. The van der Waals surface area contributed by atoms with E-state index in [4.69, 9.17) is 4.74 Å². The van der Waals surface area contributed by atoms with Crippen molar-refractivity contribution in [1.82, 2.24) is 4.98 Å². The fourth-order valence-corrected chi connectivity index (χ4v) is 3.39. The lowest BCUT2D eigenvalue weighted by molar-refractivity contribution is -0.0446. The molecule has 0 aromatic carbocycles. The summed E-state index contributed by atoms with van der Waals surface area (Å²) >= 11 is 1.83. The molecule has 1 saturated carbocycles. The molecule has 84 valence electrons. The van der Waals surface area contributed by atoms with E-state index in [0.29, 0.717) is 0 Å². The number of rotatable bonds is 3. The van der Waals surface area contributed by atoms with Crippen LogP contribution in [0.25, 0.3) is 0 Å². The Morgan fingerprint density at radius 1 is 1.40 bits per heavy atom. The predicted octanol–water partition coefficient (Wildman–Crippen LogP) is 3.51. The third-order valence-corrected chi connectivity index (χ3v) is 4.67. The van der Waals surface area contributed by atoms with E-state index in [-0.39, 0.29) is 5.60 Å². The quantitative estimate of drug-likeness (QED) is 0.785. The maximum atomic E-state index is 5.77. The summed E-state index contributed by atoms with van der Waals surface area (Å²) < 4.78 is 5.77. The van der Waals surface area contributed by atoms with Crippen LogP contribution in [0.1, 0.15) is 48.9 Å². The Kier molecular flexibility index (Phi) is 3.42. The van der Waals surface area contributed by atoms with E-state index in [2.05, 4.69) is 11.9 Å². The van der Waals surface area contributed by atoms with Crippen LogP contribution in [0.3, 0.4) is 0 Å². The Labute approximate surface area is 95.7 Å². The zero-order chi connectivity index (χ0) is 10.7. The molecule has 1 aromatic rings. The fourth-order valence-electron chi connectivity index (χ4n) is 2.31. The highest BCUT2D eigenvalue weighted by Crippen LogP contribution is 2.41. The van der Waals surface area contributed by atoms with Gasteiger partial charge in [-0.15, -0.1) is 11.3 Å². The largest absolute Gasteiger partial charge is 0.371 e. The van der Waals surface area contributed by atoms with Gasteiger partial charge in [0.25, 0.3) is 0 Å². The molecule has 0 aliphatic heterocycles. The standard InChI is InChI=1S/C12H19NOS/c1-3-10-9-13-11(15-10)12(14-2)7-5-4-6-8-12/h9H,3-8H2,1-2H3. The van der Waals surface area contributed by atoms with Crippen LogP contribution in [-0.2, 0) is 16.8 Å². The second-order valence-electron chi connectivity index (χ2n) is 4.24. The van der Waals surface area contributed by atoms with E-state index in [9.17, 15) is 0 Å². The van der Waals surface area contributed by atoms with E-state index in [1.165, 1.54) is 29.1 Å². The monoisotopic (exact) mass is 225 g/mol. The Balaban J connectivity index is 2.24. The van der Waals surface area contributed by atoms with Gasteiger partial charge in [0.15, 0.2) is 0 Å².